The van der Waals surface area contributed by atoms with Crippen molar-refractivity contribution >= 4 is 0 Å². The Morgan fingerprint density at radius 1 is 1.00 bits per heavy atom. The highest BCUT2D eigenvalue weighted by Crippen LogP contribution is 2.65. The molecule has 0 aliphatic heterocycles. The van der Waals surface area contributed by atoms with E-state index in [9.17, 15) is 0 Å². The van der Waals surface area contributed by atoms with Gasteiger partial charge < -0.3 is 4.74 Å². The summed E-state index contributed by atoms with van der Waals surface area (Å²) in [5, 5.41) is 0. The summed E-state index contributed by atoms with van der Waals surface area (Å²) in [6.07, 6.45) is 15.8. The van der Waals surface area contributed by atoms with Crippen molar-refractivity contribution in [1.29, 1.82) is 0 Å². The highest BCUT2D eigenvalue weighted by Gasteiger charge is 2.56. The van der Waals surface area contributed by atoms with Gasteiger partial charge in [0.25, 0.3) is 0 Å². The number of methoxy groups -OCH3 is 1. The molecule has 0 aromatic rings. The van der Waals surface area contributed by atoms with E-state index in [0.717, 1.165) is 17.8 Å². The maximum atomic E-state index is 5.63. The van der Waals surface area contributed by atoms with Crippen molar-refractivity contribution in [2.75, 3.05) is 7.11 Å². The molecule has 4 aliphatic carbocycles. The molecule has 0 aromatic heterocycles. The van der Waals surface area contributed by atoms with Crippen LogP contribution in [0.25, 0.3) is 0 Å². The fraction of sp³-hybridized carbons (Fsp3) is 0.900. The van der Waals surface area contributed by atoms with Gasteiger partial charge in [-0.2, -0.15) is 0 Å². The van der Waals surface area contributed by atoms with Crippen molar-refractivity contribution in [3.8, 4) is 0 Å². The normalized spacial score (nSPS) is 52.6. The predicted molar refractivity (Wildman–Crippen MR) is 87.1 cm³/mol. The minimum absolute atomic E-state index is 0.393. The zero-order chi connectivity index (χ0) is 14.7. The van der Waals surface area contributed by atoms with Crippen LogP contribution < -0.4 is 0 Å². The van der Waals surface area contributed by atoms with Gasteiger partial charge in [-0.1, -0.05) is 31.9 Å². The first-order valence-electron chi connectivity index (χ1n) is 9.31. The van der Waals surface area contributed by atoms with Gasteiger partial charge in [0.05, 0.1) is 6.10 Å². The molecule has 0 heterocycles. The average molecular weight is 288 g/mol. The summed E-state index contributed by atoms with van der Waals surface area (Å²) in [4.78, 5) is 0. The SMILES string of the molecule is COC1C=C2CC[C@H]3[C@@H]4CCC[C@@]4(C)CC[C@@H]3[C@@]2(C)CC1. The van der Waals surface area contributed by atoms with E-state index in [1.54, 1.807) is 5.57 Å². The summed E-state index contributed by atoms with van der Waals surface area (Å²) in [6.45, 7) is 5.20. The molecule has 6 atom stereocenters. The van der Waals surface area contributed by atoms with E-state index in [0.29, 0.717) is 16.9 Å². The van der Waals surface area contributed by atoms with E-state index in [2.05, 4.69) is 19.9 Å². The summed E-state index contributed by atoms with van der Waals surface area (Å²) >= 11 is 0. The number of hydrogen-bond donors (Lipinski definition) is 0. The van der Waals surface area contributed by atoms with Crippen molar-refractivity contribution in [2.45, 2.75) is 77.7 Å². The van der Waals surface area contributed by atoms with E-state index in [-0.39, 0.29) is 0 Å². The van der Waals surface area contributed by atoms with Crippen LogP contribution in [0.15, 0.2) is 11.6 Å². The lowest BCUT2D eigenvalue weighted by Crippen LogP contribution is -2.49. The second-order valence-corrected chi connectivity index (χ2v) is 8.92. The highest BCUT2D eigenvalue weighted by atomic mass is 16.5. The van der Waals surface area contributed by atoms with Crippen LogP contribution >= 0.6 is 0 Å². The molecule has 0 saturated heterocycles. The van der Waals surface area contributed by atoms with E-state index in [4.69, 9.17) is 4.74 Å². The monoisotopic (exact) mass is 288 g/mol. The minimum Gasteiger partial charge on any atom is -0.377 e. The summed E-state index contributed by atoms with van der Waals surface area (Å²) < 4.78 is 5.63. The van der Waals surface area contributed by atoms with Gasteiger partial charge in [-0.25, -0.2) is 0 Å². The molecule has 3 fully saturated rings. The van der Waals surface area contributed by atoms with Gasteiger partial charge in [0, 0.05) is 7.11 Å². The quantitative estimate of drug-likeness (QED) is 0.591. The minimum atomic E-state index is 0.393. The Balaban J connectivity index is 1.65. The number of ether oxygens (including phenoxy) is 1. The number of hydrogen-bond acceptors (Lipinski definition) is 1. The maximum Gasteiger partial charge on any atom is 0.0755 e. The summed E-state index contributed by atoms with van der Waals surface area (Å²) in [6, 6.07) is 0. The maximum absolute atomic E-state index is 5.63. The Morgan fingerprint density at radius 2 is 1.86 bits per heavy atom. The van der Waals surface area contributed by atoms with Crippen LogP contribution in [0.2, 0.25) is 0 Å². The zero-order valence-electron chi connectivity index (χ0n) is 14.2. The molecule has 0 aromatic carbocycles. The van der Waals surface area contributed by atoms with Crippen molar-refractivity contribution in [3.05, 3.63) is 11.6 Å². The lowest BCUT2D eigenvalue weighted by molar-refractivity contribution is -0.0430. The van der Waals surface area contributed by atoms with Gasteiger partial charge in [-0.05, 0) is 80.0 Å². The molecule has 1 nitrogen and oxygen atoms in total. The topological polar surface area (TPSA) is 9.23 Å². The molecule has 0 amide bonds. The Morgan fingerprint density at radius 3 is 2.67 bits per heavy atom. The largest absolute Gasteiger partial charge is 0.377 e. The molecule has 21 heavy (non-hydrogen) atoms. The van der Waals surface area contributed by atoms with Crippen molar-refractivity contribution < 1.29 is 4.74 Å². The van der Waals surface area contributed by atoms with Crippen LogP contribution in [0.5, 0.6) is 0 Å². The highest BCUT2D eigenvalue weighted by molar-refractivity contribution is 5.25. The van der Waals surface area contributed by atoms with E-state index in [1.165, 1.54) is 57.8 Å². The number of fused-ring (bicyclic) bond motifs is 5. The van der Waals surface area contributed by atoms with Gasteiger partial charge in [-0.3, -0.25) is 0 Å². The Bertz CT molecular complexity index is 453. The number of allylic oxidation sites excluding steroid dienone is 1. The van der Waals surface area contributed by atoms with Crippen LogP contribution in [-0.2, 0) is 4.74 Å². The molecular formula is C20H32O. The molecule has 0 spiro atoms. The third-order valence-electron chi connectivity index (χ3n) is 8.16. The number of rotatable bonds is 1. The Hall–Kier alpha value is -0.300. The molecule has 4 rings (SSSR count). The summed E-state index contributed by atoms with van der Waals surface area (Å²) in [7, 11) is 1.88. The van der Waals surface area contributed by atoms with Gasteiger partial charge in [-0.15, -0.1) is 0 Å². The molecule has 3 saturated carbocycles. The van der Waals surface area contributed by atoms with Gasteiger partial charge >= 0.3 is 0 Å². The van der Waals surface area contributed by atoms with Crippen LogP contribution in [-0.4, -0.2) is 13.2 Å². The first-order valence-corrected chi connectivity index (χ1v) is 9.31. The molecule has 1 heteroatoms. The first-order chi connectivity index (χ1) is 10.1. The first kappa shape index (κ1) is 14.3. The zero-order valence-corrected chi connectivity index (χ0v) is 14.2. The van der Waals surface area contributed by atoms with E-state index in [1.807, 2.05) is 7.11 Å². The lowest BCUT2D eigenvalue weighted by atomic mass is 9.47. The smallest absolute Gasteiger partial charge is 0.0755 e. The molecule has 1 unspecified atom stereocenters. The van der Waals surface area contributed by atoms with E-state index < -0.39 is 0 Å². The third-order valence-corrected chi connectivity index (χ3v) is 8.16. The van der Waals surface area contributed by atoms with Crippen molar-refractivity contribution in [1.82, 2.24) is 0 Å². The van der Waals surface area contributed by atoms with Gasteiger partial charge in [0.1, 0.15) is 0 Å². The predicted octanol–water partition coefficient (Wildman–Crippen LogP) is 5.35. The third kappa shape index (κ3) is 1.99. The van der Waals surface area contributed by atoms with Crippen LogP contribution in [0.1, 0.15) is 71.6 Å². The molecule has 4 aliphatic rings. The Kier molecular flexibility index (Phi) is 3.30. The van der Waals surface area contributed by atoms with Crippen molar-refractivity contribution in [2.24, 2.45) is 28.6 Å². The van der Waals surface area contributed by atoms with Crippen molar-refractivity contribution in [3.63, 3.8) is 0 Å². The average Bonchev–Trinajstić information content (AvgIpc) is 2.88. The fourth-order valence-electron chi connectivity index (χ4n) is 6.88. The van der Waals surface area contributed by atoms with Crippen LogP contribution in [0.4, 0.5) is 0 Å². The molecule has 118 valence electrons. The van der Waals surface area contributed by atoms with Crippen LogP contribution in [0.3, 0.4) is 0 Å². The second-order valence-electron chi connectivity index (χ2n) is 8.92. The molecule has 0 radical (unpaired) electrons. The molecule has 0 N–H and O–H groups in total. The lowest BCUT2D eigenvalue weighted by Gasteiger charge is -2.58. The summed E-state index contributed by atoms with van der Waals surface area (Å²) in [5.41, 5.74) is 2.95. The standard InChI is InChI=1S/C20H32O/c1-19-10-4-5-17(19)16-7-6-14-13-15(21-3)8-12-20(14,2)18(16)9-11-19/h13,15-18H,4-12H2,1-3H3/t15?,16-,17-,18-,19-,20-/m0/s1. The molecular weight excluding hydrogens is 256 g/mol. The van der Waals surface area contributed by atoms with Crippen LogP contribution in [0, 0.1) is 28.6 Å². The molecule has 0 bridgehead atoms. The second kappa shape index (κ2) is 4.85. The van der Waals surface area contributed by atoms with Gasteiger partial charge in [0.2, 0.25) is 0 Å². The van der Waals surface area contributed by atoms with E-state index >= 15 is 0 Å². The Labute approximate surface area is 130 Å². The van der Waals surface area contributed by atoms with Gasteiger partial charge in [0.15, 0.2) is 0 Å². The summed E-state index contributed by atoms with van der Waals surface area (Å²) in [5.74, 6) is 3.02. The fourth-order valence-corrected chi connectivity index (χ4v) is 6.88.